The van der Waals surface area contributed by atoms with Crippen LogP contribution in [0.25, 0.3) is 5.69 Å². The number of carbonyl (C=O) groups excluding carboxylic acids is 2. The second kappa shape index (κ2) is 8.55. The number of hydrogen-bond donors (Lipinski definition) is 2. The van der Waals surface area contributed by atoms with E-state index in [9.17, 15) is 18.4 Å². The van der Waals surface area contributed by atoms with Crippen LogP contribution in [0.2, 0.25) is 0 Å². The molecule has 1 aromatic heterocycles. The first-order valence-electron chi connectivity index (χ1n) is 8.77. The molecule has 0 atom stereocenters. The topological polar surface area (TPSA) is 72.4 Å². The van der Waals surface area contributed by atoms with Crippen LogP contribution in [0.15, 0.2) is 60.7 Å². The minimum atomic E-state index is -3.07. The van der Waals surface area contributed by atoms with Crippen LogP contribution in [0.3, 0.4) is 0 Å². The molecular formula is C21H19F2N3O3. The fourth-order valence-electron chi connectivity index (χ4n) is 3.07. The van der Waals surface area contributed by atoms with Gasteiger partial charge in [0.2, 0.25) is 0 Å². The lowest BCUT2D eigenvalue weighted by molar-refractivity contribution is -0.0501. The fourth-order valence-corrected chi connectivity index (χ4v) is 3.07. The highest BCUT2D eigenvalue weighted by Gasteiger charge is 2.19. The number of nitrogens with one attached hydrogen (secondary N) is 2. The van der Waals surface area contributed by atoms with Gasteiger partial charge in [-0.15, -0.1) is 0 Å². The van der Waals surface area contributed by atoms with Crippen LogP contribution in [0.4, 0.5) is 8.78 Å². The van der Waals surface area contributed by atoms with E-state index in [0.29, 0.717) is 11.3 Å². The van der Waals surface area contributed by atoms with E-state index in [1.54, 1.807) is 13.0 Å². The number of para-hydroxylation sites is 2. The first kappa shape index (κ1) is 20.1. The van der Waals surface area contributed by atoms with E-state index in [2.05, 4.69) is 15.6 Å². The van der Waals surface area contributed by atoms with Crippen molar-refractivity contribution in [3.63, 3.8) is 0 Å². The molecule has 2 aromatic carbocycles. The van der Waals surface area contributed by atoms with Crippen molar-refractivity contribution in [1.82, 2.24) is 15.4 Å². The average molecular weight is 399 g/mol. The number of amides is 2. The lowest BCUT2D eigenvalue weighted by Gasteiger charge is -2.12. The maximum atomic E-state index is 12.6. The number of ether oxygens (including phenoxy) is 1. The van der Waals surface area contributed by atoms with Gasteiger partial charge in [0.15, 0.2) is 0 Å². The number of halogens is 2. The Morgan fingerprint density at radius 3 is 2.14 bits per heavy atom. The van der Waals surface area contributed by atoms with E-state index in [4.69, 9.17) is 0 Å². The Morgan fingerprint density at radius 1 is 0.897 bits per heavy atom. The van der Waals surface area contributed by atoms with Gasteiger partial charge in [-0.3, -0.25) is 20.4 Å². The molecule has 3 rings (SSSR count). The smallest absolute Gasteiger partial charge is 0.387 e. The molecule has 2 amide bonds. The summed E-state index contributed by atoms with van der Waals surface area (Å²) in [6, 6.07) is 16.8. The van der Waals surface area contributed by atoms with Crippen molar-refractivity contribution in [2.24, 2.45) is 0 Å². The summed E-state index contributed by atoms with van der Waals surface area (Å²) in [5.74, 6) is -1.58. The van der Waals surface area contributed by atoms with Crippen LogP contribution in [0.5, 0.6) is 5.75 Å². The lowest BCUT2D eigenvalue weighted by atomic mass is 10.2. The third kappa shape index (κ3) is 4.43. The standard InChI is InChI=1S/C21H19F2N3O3/c1-13-12-17(14(2)26(13)15-8-4-3-5-9-15)20(28)25-24-19(27)16-10-6-7-11-18(16)29-21(22)23/h3-12,21H,1-2H3,(H,24,27)(H,25,28). The van der Waals surface area contributed by atoms with Crippen molar-refractivity contribution in [3.05, 3.63) is 83.2 Å². The van der Waals surface area contributed by atoms with E-state index in [-0.39, 0.29) is 11.3 Å². The molecule has 150 valence electrons. The number of alkyl halides is 2. The molecule has 0 aliphatic rings. The number of rotatable bonds is 5. The average Bonchev–Trinajstić information content (AvgIpc) is 3.00. The van der Waals surface area contributed by atoms with Crippen molar-refractivity contribution in [2.75, 3.05) is 0 Å². The number of hydrogen-bond acceptors (Lipinski definition) is 3. The van der Waals surface area contributed by atoms with Gasteiger partial charge in [0.25, 0.3) is 11.8 Å². The Morgan fingerprint density at radius 2 is 1.48 bits per heavy atom. The second-order valence-electron chi connectivity index (χ2n) is 6.24. The normalized spacial score (nSPS) is 10.7. The van der Waals surface area contributed by atoms with Crippen LogP contribution >= 0.6 is 0 Å². The monoisotopic (exact) mass is 399 g/mol. The SMILES string of the molecule is Cc1cc(C(=O)NNC(=O)c2ccccc2OC(F)F)c(C)n1-c1ccccc1. The van der Waals surface area contributed by atoms with Crippen molar-refractivity contribution < 1.29 is 23.1 Å². The summed E-state index contributed by atoms with van der Waals surface area (Å²) in [7, 11) is 0. The summed E-state index contributed by atoms with van der Waals surface area (Å²) in [4.78, 5) is 24.9. The molecule has 0 bridgehead atoms. The van der Waals surface area contributed by atoms with Gasteiger partial charge in [-0.1, -0.05) is 30.3 Å². The largest absolute Gasteiger partial charge is 0.434 e. The molecule has 0 aliphatic heterocycles. The quantitative estimate of drug-likeness (QED) is 0.642. The van der Waals surface area contributed by atoms with E-state index < -0.39 is 18.4 Å². The van der Waals surface area contributed by atoms with E-state index in [1.807, 2.05) is 41.8 Å². The van der Waals surface area contributed by atoms with Crippen molar-refractivity contribution in [2.45, 2.75) is 20.5 Å². The van der Waals surface area contributed by atoms with Gasteiger partial charge in [-0.25, -0.2) is 0 Å². The minimum Gasteiger partial charge on any atom is -0.434 e. The molecule has 6 nitrogen and oxygen atoms in total. The number of nitrogens with zero attached hydrogens (tertiary/aromatic N) is 1. The summed E-state index contributed by atoms with van der Waals surface area (Å²) in [6.45, 7) is 0.595. The minimum absolute atomic E-state index is 0.122. The Balaban J connectivity index is 1.75. The Kier molecular flexibility index (Phi) is 5.92. The van der Waals surface area contributed by atoms with Gasteiger partial charge < -0.3 is 9.30 Å². The molecule has 8 heteroatoms. The van der Waals surface area contributed by atoms with Gasteiger partial charge in [0.05, 0.1) is 11.1 Å². The van der Waals surface area contributed by atoms with Gasteiger partial charge in [-0.2, -0.15) is 8.78 Å². The Labute approximate surface area is 166 Å². The van der Waals surface area contributed by atoms with E-state index >= 15 is 0 Å². The van der Waals surface area contributed by atoms with E-state index in [1.165, 1.54) is 24.3 Å². The number of aryl methyl sites for hydroxylation is 1. The van der Waals surface area contributed by atoms with Gasteiger partial charge in [0, 0.05) is 17.1 Å². The highest BCUT2D eigenvalue weighted by Crippen LogP contribution is 2.21. The zero-order valence-corrected chi connectivity index (χ0v) is 15.8. The third-order valence-electron chi connectivity index (χ3n) is 4.33. The van der Waals surface area contributed by atoms with Crippen LogP contribution in [-0.4, -0.2) is 23.0 Å². The number of hydrazine groups is 1. The number of carbonyl (C=O) groups is 2. The van der Waals surface area contributed by atoms with Gasteiger partial charge in [-0.05, 0) is 44.2 Å². The van der Waals surface area contributed by atoms with Crippen LogP contribution in [0.1, 0.15) is 32.1 Å². The summed E-state index contributed by atoms with van der Waals surface area (Å²) in [5, 5.41) is 0. The predicted octanol–water partition coefficient (Wildman–Crippen LogP) is 3.77. The predicted molar refractivity (Wildman–Crippen MR) is 103 cm³/mol. The van der Waals surface area contributed by atoms with E-state index in [0.717, 1.165) is 11.4 Å². The molecule has 0 fully saturated rings. The van der Waals surface area contributed by atoms with Crippen LogP contribution in [-0.2, 0) is 0 Å². The molecule has 0 saturated heterocycles. The fraction of sp³-hybridized carbons (Fsp3) is 0.143. The maximum Gasteiger partial charge on any atom is 0.387 e. The van der Waals surface area contributed by atoms with Crippen molar-refractivity contribution in [3.8, 4) is 11.4 Å². The zero-order valence-electron chi connectivity index (χ0n) is 15.8. The summed E-state index contributed by atoms with van der Waals surface area (Å²) >= 11 is 0. The van der Waals surface area contributed by atoms with Crippen molar-refractivity contribution >= 4 is 11.8 Å². The molecule has 29 heavy (non-hydrogen) atoms. The van der Waals surface area contributed by atoms with Crippen LogP contribution in [0, 0.1) is 13.8 Å². The molecule has 0 radical (unpaired) electrons. The van der Waals surface area contributed by atoms with Gasteiger partial charge in [0.1, 0.15) is 5.75 Å². The molecule has 0 aliphatic carbocycles. The summed E-state index contributed by atoms with van der Waals surface area (Å²) in [6.07, 6.45) is 0. The highest BCUT2D eigenvalue weighted by atomic mass is 19.3. The highest BCUT2D eigenvalue weighted by molar-refractivity contribution is 6.01. The number of benzene rings is 2. The van der Waals surface area contributed by atoms with Crippen LogP contribution < -0.4 is 15.6 Å². The van der Waals surface area contributed by atoms with Gasteiger partial charge >= 0.3 is 6.61 Å². The summed E-state index contributed by atoms with van der Waals surface area (Å²) < 4.78 is 31.2. The molecule has 0 saturated carbocycles. The Hall–Kier alpha value is -3.68. The second-order valence-corrected chi connectivity index (χ2v) is 6.24. The van der Waals surface area contributed by atoms with Crippen molar-refractivity contribution in [1.29, 1.82) is 0 Å². The Bertz CT molecular complexity index is 1030. The first-order valence-corrected chi connectivity index (χ1v) is 8.77. The maximum absolute atomic E-state index is 12.6. The molecule has 1 heterocycles. The molecule has 3 aromatic rings. The summed E-state index contributed by atoms with van der Waals surface area (Å²) in [5.41, 5.74) is 7.26. The molecule has 0 spiro atoms. The first-order chi connectivity index (χ1) is 13.9. The molecular weight excluding hydrogens is 380 g/mol. The third-order valence-corrected chi connectivity index (χ3v) is 4.33. The molecule has 2 N–H and O–H groups in total. The molecule has 0 unspecified atom stereocenters. The zero-order chi connectivity index (χ0) is 21.0. The number of aromatic nitrogens is 1. The lowest BCUT2D eigenvalue weighted by Crippen LogP contribution is -2.42.